The lowest BCUT2D eigenvalue weighted by Gasteiger charge is -2.28. The molecule has 0 fully saturated rings. The molecule has 1 heterocycles. The smallest absolute Gasteiger partial charge is 0.250 e. The van der Waals surface area contributed by atoms with Crippen molar-refractivity contribution in [2.45, 2.75) is 41.0 Å². The summed E-state index contributed by atoms with van der Waals surface area (Å²) in [6.45, 7) is 11.4. The lowest BCUT2D eigenvalue weighted by atomic mass is 9.92. The molecule has 1 aromatic rings. The highest BCUT2D eigenvalue weighted by molar-refractivity contribution is 6.00. The van der Waals surface area contributed by atoms with E-state index in [1.54, 1.807) is 12.1 Å². The third kappa shape index (κ3) is 4.97. The minimum Gasteiger partial charge on any atom is -0.490 e. The van der Waals surface area contributed by atoms with Crippen LogP contribution in [0.5, 0.6) is 5.75 Å². The summed E-state index contributed by atoms with van der Waals surface area (Å²) in [5.41, 5.74) is 0.780. The molecule has 0 bridgehead atoms. The molecule has 2 amide bonds. The molecule has 6 heteroatoms. The van der Waals surface area contributed by atoms with E-state index in [0.717, 1.165) is 12.1 Å². The number of fused-ring (bicyclic) bond motifs is 1. The Morgan fingerprint density at radius 3 is 2.77 bits per heavy atom. The Labute approximate surface area is 155 Å². The first-order valence-corrected chi connectivity index (χ1v) is 9.21. The van der Waals surface area contributed by atoms with Gasteiger partial charge in [0.15, 0.2) is 0 Å². The standard InChI is InChI=1S/C20H30N2O4/c1-6-25-12-18(23)21-15-7-8-16-17(11-15)26-13-20(4,5)19(24)22(16)10-9-14(2)3/h7-8,11,14H,6,9-10,12-13H2,1-5H3,(H,21,23). The Balaban J connectivity index is 2.26. The Kier molecular flexibility index (Phi) is 6.64. The van der Waals surface area contributed by atoms with Crippen molar-refractivity contribution in [3.8, 4) is 5.75 Å². The van der Waals surface area contributed by atoms with Crippen molar-refractivity contribution in [3.63, 3.8) is 0 Å². The van der Waals surface area contributed by atoms with E-state index in [-0.39, 0.29) is 18.4 Å². The SMILES string of the molecule is CCOCC(=O)Nc1ccc2c(c1)OCC(C)(C)C(=O)N2CCC(C)C. The van der Waals surface area contributed by atoms with Crippen LogP contribution in [-0.2, 0) is 14.3 Å². The third-order valence-corrected chi connectivity index (χ3v) is 4.31. The Morgan fingerprint density at radius 2 is 2.12 bits per heavy atom. The van der Waals surface area contributed by atoms with Gasteiger partial charge in [-0.3, -0.25) is 9.59 Å². The molecular weight excluding hydrogens is 332 g/mol. The van der Waals surface area contributed by atoms with Crippen LogP contribution in [0.25, 0.3) is 0 Å². The molecule has 26 heavy (non-hydrogen) atoms. The molecule has 1 aromatic carbocycles. The number of carbonyl (C=O) groups is 2. The fourth-order valence-corrected chi connectivity index (χ4v) is 2.73. The number of nitrogens with one attached hydrogen (secondary N) is 1. The number of hydrogen-bond acceptors (Lipinski definition) is 4. The van der Waals surface area contributed by atoms with Crippen LogP contribution >= 0.6 is 0 Å². The second-order valence-electron chi connectivity index (χ2n) is 7.68. The van der Waals surface area contributed by atoms with Crippen LogP contribution in [0.4, 0.5) is 11.4 Å². The summed E-state index contributed by atoms with van der Waals surface area (Å²) in [5, 5.41) is 2.80. The molecule has 1 aliphatic rings. The van der Waals surface area contributed by atoms with Crippen LogP contribution in [0.1, 0.15) is 41.0 Å². The molecule has 0 radical (unpaired) electrons. The Morgan fingerprint density at radius 1 is 1.38 bits per heavy atom. The molecular formula is C20H30N2O4. The summed E-state index contributed by atoms with van der Waals surface area (Å²) in [7, 11) is 0. The van der Waals surface area contributed by atoms with Crippen molar-refractivity contribution in [2.24, 2.45) is 11.3 Å². The predicted molar refractivity (Wildman–Crippen MR) is 103 cm³/mol. The van der Waals surface area contributed by atoms with Crippen LogP contribution in [-0.4, -0.2) is 38.2 Å². The average molecular weight is 362 g/mol. The lowest BCUT2D eigenvalue weighted by Crippen LogP contribution is -2.42. The summed E-state index contributed by atoms with van der Waals surface area (Å²) in [4.78, 5) is 26.7. The first-order valence-electron chi connectivity index (χ1n) is 9.21. The van der Waals surface area contributed by atoms with Gasteiger partial charge in [-0.05, 0) is 45.2 Å². The van der Waals surface area contributed by atoms with Gasteiger partial charge in [0.05, 0.1) is 11.1 Å². The maximum absolute atomic E-state index is 13.0. The van der Waals surface area contributed by atoms with Gasteiger partial charge in [-0.1, -0.05) is 13.8 Å². The molecule has 0 aliphatic carbocycles. The Hall–Kier alpha value is -2.08. The van der Waals surface area contributed by atoms with Gasteiger partial charge in [0.2, 0.25) is 11.8 Å². The van der Waals surface area contributed by atoms with Crippen LogP contribution in [0.15, 0.2) is 18.2 Å². The van der Waals surface area contributed by atoms with E-state index in [2.05, 4.69) is 19.2 Å². The normalized spacial score (nSPS) is 16.1. The predicted octanol–water partition coefficient (Wildman–Crippen LogP) is 3.46. The highest BCUT2D eigenvalue weighted by atomic mass is 16.5. The maximum Gasteiger partial charge on any atom is 0.250 e. The number of anilines is 2. The zero-order valence-electron chi connectivity index (χ0n) is 16.4. The summed E-state index contributed by atoms with van der Waals surface area (Å²) in [6.07, 6.45) is 0.911. The molecule has 1 aliphatic heterocycles. The number of ether oxygens (including phenoxy) is 2. The molecule has 0 spiro atoms. The highest BCUT2D eigenvalue weighted by Gasteiger charge is 2.37. The second kappa shape index (κ2) is 8.54. The largest absolute Gasteiger partial charge is 0.490 e. The fourth-order valence-electron chi connectivity index (χ4n) is 2.73. The van der Waals surface area contributed by atoms with Crippen LogP contribution in [0.2, 0.25) is 0 Å². The number of carbonyl (C=O) groups excluding carboxylic acids is 2. The molecule has 6 nitrogen and oxygen atoms in total. The quantitative estimate of drug-likeness (QED) is 0.806. The second-order valence-corrected chi connectivity index (χ2v) is 7.68. The van der Waals surface area contributed by atoms with Gasteiger partial charge in [-0.2, -0.15) is 0 Å². The van der Waals surface area contributed by atoms with Crippen molar-refractivity contribution in [3.05, 3.63) is 18.2 Å². The summed E-state index contributed by atoms with van der Waals surface area (Å²) in [6, 6.07) is 5.40. The fraction of sp³-hybridized carbons (Fsp3) is 0.600. The van der Waals surface area contributed by atoms with E-state index in [4.69, 9.17) is 9.47 Å². The summed E-state index contributed by atoms with van der Waals surface area (Å²) in [5.74, 6) is 0.955. The lowest BCUT2D eigenvalue weighted by molar-refractivity contribution is -0.127. The molecule has 1 N–H and O–H groups in total. The summed E-state index contributed by atoms with van der Waals surface area (Å²) >= 11 is 0. The summed E-state index contributed by atoms with van der Waals surface area (Å²) < 4.78 is 11.0. The van der Waals surface area contributed by atoms with Gasteiger partial charge in [-0.15, -0.1) is 0 Å². The first kappa shape index (κ1) is 20.2. The number of hydrogen-bond donors (Lipinski definition) is 1. The van der Waals surface area contributed by atoms with Gasteiger partial charge in [0.25, 0.3) is 0 Å². The van der Waals surface area contributed by atoms with Crippen LogP contribution < -0.4 is 15.0 Å². The van der Waals surface area contributed by atoms with Crippen molar-refractivity contribution < 1.29 is 19.1 Å². The van der Waals surface area contributed by atoms with Gasteiger partial charge >= 0.3 is 0 Å². The van der Waals surface area contributed by atoms with E-state index < -0.39 is 5.41 Å². The zero-order chi connectivity index (χ0) is 19.3. The van der Waals surface area contributed by atoms with Crippen molar-refractivity contribution in [2.75, 3.05) is 36.6 Å². The van der Waals surface area contributed by atoms with Gasteiger partial charge in [0, 0.05) is 24.9 Å². The van der Waals surface area contributed by atoms with Gasteiger partial charge in [-0.25, -0.2) is 0 Å². The number of nitrogens with zero attached hydrogens (tertiary/aromatic N) is 1. The van der Waals surface area contributed by atoms with Crippen molar-refractivity contribution in [1.82, 2.24) is 0 Å². The molecule has 2 rings (SSSR count). The van der Waals surface area contributed by atoms with Crippen LogP contribution in [0.3, 0.4) is 0 Å². The number of amides is 2. The topological polar surface area (TPSA) is 67.9 Å². The average Bonchev–Trinajstić information content (AvgIpc) is 2.67. The molecule has 144 valence electrons. The molecule has 0 aromatic heterocycles. The van der Waals surface area contributed by atoms with Gasteiger partial charge < -0.3 is 19.7 Å². The number of benzene rings is 1. The Bertz CT molecular complexity index is 655. The van der Waals surface area contributed by atoms with Crippen molar-refractivity contribution >= 4 is 23.2 Å². The highest BCUT2D eigenvalue weighted by Crippen LogP contribution is 2.38. The first-order chi connectivity index (χ1) is 12.2. The van der Waals surface area contributed by atoms with E-state index >= 15 is 0 Å². The monoisotopic (exact) mass is 362 g/mol. The van der Waals surface area contributed by atoms with Crippen molar-refractivity contribution in [1.29, 1.82) is 0 Å². The van der Waals surface area contributed by atoms with Gasteiger partial charge in [0.1, 0.15) is 19.0 Å². The van der Waals surface area contributed by atoms with Crippen LogP contribution in [0, 0.1) is 11.3 Å². The van der Waals surface area contributed by atoms with E-state index in [1.807, 2.05) is 31.7 Å². The molecule has 0 unspecified atom stereocenters. The van der Waals surface area contributed by atoms with E-state index in [9.17, 15) is 9.59 Å². The minimum atomic E-state index is -0.603. The maximum atomic E-state index is 13.0. The molecule has 0 atom stereocenters. The zero-order valence-corrected chi connectivity index (χ0v) is 16.4. The van der Waals surface area contributed by atoms with E-state index in [0.29, 0.717) is 37.1 Å². The minimum absolute atomic E-state index is 0.0144. The third-order valence-electron chi connectivity index (χ3n) is 4.31. The number of rotatable bonds is 7. The molecule has 0 saturated carbocycles. The molecule has 0 saturated heterocycles. The van der Waals surface area contributed by atoms with E-state index in [1.165, 1.54) is 0 Å².